The minimum atomic E-state index is -0.383. The Morgan fingerprint density at radius 1 is 1.35 bits per heavy atom. The third-order valence-corrected chi connectivity index (χ3v) is 6.18. The summed E-state index contributed by atoms with van der Waals surface area (Å²) in [6, 6.07) is 3.80. The zero-order valence-corrected chi connectivity index (χ0v) is 16.6. The molecule has 1 aliphatic heterocycles. The van der Waals surface area contributed by atoms with Crippen LogP contribution in [0.15, 0.2) is 21.2 Å². The summed E-state index contributed by atoms with van der Waals surface area (Å²) in [7, 11) is 4.07. The van der Waals surface area contributed by atoms with E-state index >= 15 is 0 Å². The number of nitrogens with zero attached hydrogens (tertiary/aromatic N) is 6. The highest BCUT2D eigenvalue weighted by Crippen LogP contribution is 2.39. The highest BCUT2D eigenvalue weighted by molar-refractivity contribution is 9.10. The summed E-state index contributed by atoms with van der Waals surface area (Å²) in [4.78, 5) is 16.8. The molecule has 0 radical (unpaired) electrons. The first-order valence-corrected chi connectivity index (χ1v) is 9.81. The molecule has 2 aliphatic rings. The van der Waals surface area contributed by atoms with Crippen molar-refractivity contribution in [3.05, 3.63) is 28.4 Å². The molecule has 1 atom stereocenters. The minimum Gasteiger partial charge on any atom is -0.444 e. The van der Waals surface area contributed by atoms with Gasteiger partial charge in [0, 0.05) is 13.1 Å². The van der Waals surface area contributed by atoms with Crippen molar-refractivity contribution in [1.82, 2.24) is 30.0 Å². The molecule has 0 N–H and O–H groups in total. The Kier molecular flexibility index (Phi) is 4.60. The number of carbonyl (C=O) groups is 1. The van der Waals surface area contributed by atoms with Crippen LogP contribution in [-0.4, -0.2) is 63.1 Å². The van der Waals surface area contributed by atoms with E-state index in [-0.39, 0.29) is 11.4 Å². The summed E-state index contributed by atoms with van der Waals surface area (Å²) in [5.74, 6) is 1.12. The zero-order chi connectivity index (χ0) is 18.3. The van der Waals surface area contributed by atoms with Crippen molar-refractivity contribution in [1.29, 1.82) is 0 Å². The second-order valence-electron chi connectivity index (χ2n) is 7.39. The molecule has 0 bridgehead atoms. The highest BCUT2D eigenvalue weighted by Gasteiger charge is 2.48. The average molecular weight is 423 g/mol. The summed E-state index contributed by atoms with van der Waals surface area (Å²) < 4.78 is 8.01. The SMILES string of the molecule is CN(C)C1(c2nnnn2C2CCCC2)CCN(C(=O)c2ccc(Br)o2)C1. The summed E-state index contributed by atoms with van der Waals surface area (Å²) in [5, 5.41) is 12.7. The van der Waals surface area contributed by atoms with Gasteiger partial charge in [-0.2, -0.15) is 0 Å². The summed E-state index contributed by atoms with van der Waals surface area (Å²) in [6.45, 7) is 1.19. The van der Waals surface area contributed by atoms with Crippen LogP contribution in [0, 0.1) is 0 Å². The lowest BCUT2D eigenvalue weighted by molar-refractivity contribution is 0.0706. The van der Waals surface area contributed by atoms with Gasteiger partial charge in [0.15, 0.2) is 16.3 Å². The molecular formula is C17H23BrN6O2. The minimum absolute atomic E-state index is 0.0979. The van der Waals surface area contributed by atoms with Gasteiger partial charge in [-0.05, 0) is 71.8 Å². The lowest BCUT2D eigenvalue weighted by Gasteiger charge is -2.35. The van der Waals surface area contributed by atoms with Crippen molar-refractivity contribution in [3.63, 3.8) is 0 Å². The van der Waals surface area contributed by atoms with E-state index in [9.17, 15) is 4.79 Å². The number of hydrogen-bond acceptors (Lipinski definition) is 6. The van der Waals surface area contributed by atoms with Gasteiger partial charge in [0.2, 0.25) is 0 Å². The molecule has 0 aromatic carbocycles. The monoisotopic (exact) mass is 422 g/mol. The number of hydrogen-bond donors (Lipinski definition) is 0. The van der Waals surface area contributed by atoms with Gasteiger partial charge in [-0.15, -0.1) is 5.10 Å². The molecule has 4 rings (SSSR count). The van der Waals surface area contributed by atoms with E-state index in [0.717, 1.165) is 25.1 Å². The number of carbonyl (C=O) groups excluding carboxylic acids is 1. The molecule has 140 valence electrons. The van der Waals surface area contributed by atoms with Crippen LogP contribution in [0.2, 0.25) is 0 Å². The number of halogens is 1. The van der Waals surface area contributed by atoms with Crippen LogP contribution in [0.1, 0.15) is 54.5 Å². The van der Waals surface area contributed by atoms with Gasteiger partial charge < -0.3 is 9.32 Å². The standard InChI is InChI=1S/C17H23BrN6O2/c1-22(2)17(16-19-20-21-24(16)12-5-3-4-6-12)9-10-23(11-17)15(25)13-7-8-14(18)26-13/h7-8,12H,3-6,9-11H2,1-2H3. The molecule has 1 saturated heterocycles. The molecule has 0 spiro atoms. The summed E-state index contributed by atoms with van der Waals surface area (Å²) in [5.41, 5.74) is -0.383. The van der Waals surface area contributed by atoms with Crippen LogP contribution in [0.5, 0.6) is 0 Å². The fourth-order valence-corrected chi connectivity index (χ4v) is 4.50. The molecular weight excluding hydrogens is 400 g/mol. The predicted molar refractivity (Wildman–Crippen MR) is 97.6 cm³/mol. The zero-order valence-electron chi connectivity index (χ0n) is 15.1. The molecule has 26 heavy (non-hydrogen) atoms. The Morgan fingerprint density at radius 2 is 2.12 bits per heavy atom. The first-order valence-electron chi connectivity index (χ1n) is 9.02. The first kappa shape index (κ1) is 17.7. The van der Waals surface area contributed by atoms with Crippen molar-refractivity contribution in [2.45, 2.75) is 43.7 Å². The van der Waals surface area contributed by atoms with Crippen LogP contribution in [0.4, 0.5) is 0 Å². The number of tetrazole rings is 1. The molecule has 1 aliphatic carbocycles. The largest absolute Gasteiger partial charge is 0.444 e. The molecule has 2 aromatic heterocycles. The van der Waals surface area contributed by atoms with E-state index in [2.05, 4.69) is 36.4 Å². The van der Waals surface area contributed by atoms with Crippen molar-refractivity contribution < 1.29 is 9.21 Å². The van der Waals surface area contributed by atoms with E-state index in [1.807, 2.05) is 23.7 Å². The lowest BCUT2D eigenvalue weighted by Crippen LogP contribution is -2.47. The average Bonchev–Trinajstić information content (AvgIpc) is 3.37. The number of likely N-dealkylation sites (tertiary alicyclic amines) is 1. The maximum absolute atomic E-state index is 12.8. The van der Waals surface area contributed by atoms with Gasteiger partial charge in [-0.1, -0.05) is 12.8 Å². The Bertz CT molecular complexity index is 797. The van der Waals surface area contributed by atoms with Crippen molar-refractivity contribution in [2.24, 2.45) is 0 Å². The Morgan fingerprint density at radius 3 is 2.77 bits per heavy atom. The Balaban J connectivity index is 1.63. The number of amides is 1. The molecule has 1 unspecified atom stereocenters. The van der Waals surface area contributed by atoms with Gasteiger partial charge in [0.05, 0.1) is 6.04 Å². The van der Waals surface area contributed by atoms with E-state index in [1.54, 1.807) is 12.1 Å². The molecule has 2 fully saturated rings. The van der Waals surface area contributed by atoms with Gasteiger partial charge in [-0.3, -0.25) is 9.69 Å². The fraction of sp³-hybridized carbons (Fsp3) is 0.647. The Labute approximate surface area is 160 Å². The van der Waals surface area contributed by atoms with Crippen LogP contribution in [0.3, 0.4) is 0 Å². The van der Waals surface area contributed by atoms with Gasteiger partial charge >= 0.3 is 0 Å². The molecule has 1 amide bonds. The van der Waals surface area contributed by atoms with Crippen molar-refractivity contribution >= 4 is 21.8 Å². The molecule has 3 heterocycles. The smallest absolute Gasteiger partial charge is 0.289 e. The van der Waals surface area contributed by atoms with Gasteiger partial charge in [0.25, 0.3) is 5.91 Å². The Hall–Kier alpha value is -1.74. The van der Waals surface area contributed by atoms with E-state index in [4.69, 9.17) is 4.42 Å². The first-order chi connectivity index (χ1) is 12.5. The maximum Gasteiger partial charge on any atom is 0.289 e. The molecule has 8 nitrogen and oxygen atoms in total. The number of furan rings is 1. The molecule has 2 aromatic rings. The number of aromatic nitrogens is 4. The van der Waals surface area contributed by atoms with Crippen LogP contribution in [-0.2, 0) is 5.54 Å². The van der Waals surface area contributed by atoms with E-state index in [0.29, 0.717) is 29.6 Å². The molecule has 9 heteroatoms. The van der Waals surface area contributed by atoms with Crippen molar-refractivity contribution in [3.8, 4) is 0 Å². The normalized spacial score (nSPS) is 24.1. The van der Waals surface area contributed by atoms with E-state index < -0.39 is 0 Å². The predicted octanol–water partition coefficient (Wildman–Crippen LogP) is 2.45. The summed E-state index contributed by atoms with van der Waals surface area (Å²) >= 11 is 3.26. The second kappa shape index (κ2) is 6.77. The van der Waals surface area contributed by atoms with Gasteiger partial charge in [0.1, 0.15) is 5.54 Å². The third kappa shape index (κ3) is 2.87. The van der Waals surface area contributed by atoms with Crippen LogP contribution >= 0.6 is 15.9 Å². The summed E-state index contributed by atoms with van der Waals surface area (Å²) in [6.07, 6.45) is 5.46. The van der Waals surface area contributed by atoms with E-state index in [1.165, 1.54) is 12.8 Å². The number of rotatable bonds is 4. The lowest BCUT2D eigenvalue weighted by atomic mass is 9.95. The second-order valence-corrected chi connectivity index (χ2v) is 8.17. The maximum atomic E-state index is 12.8. The quantitative estimate of drug-likeness (QED) is 0.752. The fourth-order valence-electron chi connectivity index (χ4n) is 4.19. The van der Waals surface area contributed by atoms with Gasteiger partial charge in [-0.25, -0.2) is 4.68 Å². The van der Waals surface area contributed by atoms with Crippen LogP contribution in [0.25, 0.3) is 0 Å². The van der Waals surface area contributed by atoms with Crippen LogP contribution < -0.4 is 0 Å². The topological polar surface area (TPSA) is 80.3 Å². The number of likely N-dealkylation sites (N-methyl/N-ethyl adjacent to an activating group) is 1. The molecule has 1 saturated carbocycles. The third-order valence-electron chi connectivity index (χ3n) is 5.75. The highest BCUT2D eigenvalue weighted by atomic mass is 79.9. The van der Waals surface area contributed by atoms with Crippen molar-refractivity contribution in [2.75, 3.05) is 27.2 Å².